The van der Waals surface area contributed by atoms with Crippen LogP contribution in [0.4, 0.5) is 5.69 Å². The van der Waals surface area contributed by atoms with Crippen LogP contribution in [0, 0.1) is 0 Å². The van der Waals surface area contributed by atoms with Gasteiger partial charge in [0.1, 0.15) is 6.04 Å². The summed E-state index contributed by atoms with van der Waals surface area (Å²) in [6.45, 7) is 2.12. The van der Waals surface area contributed by atoms with E-state index in [-0.39, 0.29) is 11.8 Å². The van der Waals surface area contributed by atoms with Crippen LogP contribution in [0.15, 0.2) is 54.6 Å². The lowest BCUT2D eigenvalue weighted by atomic mass is 10.1. The summed E-state index contributed by atoms with van der Waals surface area (Å²) < 4.78 is 0. The molecule has 2 N–H and O–H groups in total. The third-order valence-corrected chi connectivity index (χ3v) is 3.68. The fraction of sp³-hybridized carbons (Fsp3) is 0.263. The number of nitrogens with one attached hydrogen (secondary N) is 2. The van der Waals surface area contributed by atoms with Crippen molar-refractivity contribution in [2.45, 2.75) is 19.5 Å². The van der Waals surface area contributed by atoms with Crippen LogP contribution in [0.25, 0.3) is 0 Å². The maximum atomic E-state index is 12.3. The summed E-state index contributed by atoms with van der Waals surface area (Å²) in [6.07, 6.45) is 0. The summed E-state index contributed by atoms with van der Waals surface area (Å²) in [7, 11) is 3.83. The molecule has 2 rings (SSSR count). The number of nitrogens with zero attached hydrogens (tertiary/aromatic N) is 1. The van der Waals surface area contributed by atoms with Gasteiger partial charge < -0.3 is 15.5 Å². The second kappa shape index (κ2) is 8.15. The molecule has 0 radical (unpaired) electrons. The van der Waals surface area contributed by atoms with Gasteiger partial charge >= 0.3 is 0 Å². The number of benzene rings is 2. The summed E-state index contributed by atoms with van der Waals surface area (Å²) in [5.74, 6) is -0.475. The molecule has 0 aliphatic rings. The highest BCUT2D eigenvalue weighted by molar-refractivity contribution is 5.98. The molecule has 24 heavy (non-hydrogen) atoms. The average molecular weight is 325 g/mol. The van der Waals surface area contributed by atoms with Gasteiger partial charge in [0.15, 0.2) is 0 Å². The summed E-state index contributed by atoms with van der Waals surface area (Å²) in [5.41, 5.74) is 2.48. The molecule has 0 spiro atoms. The van der Waals surface area contributed by atoms with E-state index in [0.29, 0.717) is 12.1 Å². The van der Waals surface area contributed by atoms with Crippen LogP contribution in [-0.4, -0.2) is 32.0 Å². The Morgan fingerprint density at radius 1 is 1.04 bits per heavy atom. The molecule has 2 aromatic rings. The van der Waals surface area contributed by atoms with Gasteiger partial charge in [0.2, 0.25) is 5.91 Å². The standard InChI is InChI=1S/C19H23N3O2/c1-14(18(23)20-13-15-8-5-4-6-9-15)21-19(24)16-10-7-11-17(12-16)22(2)3/h4-12,14H,13H2,1-3H3,(H,20,23)(H,21,24). The predicted molar refractivity (Wildman–Crippen MR) is 96.0 cm³/mol. The summed E-state index contributed by atoms with van der Waals surface area (Å²) in [4.78, 5) is 26.3. The van der Waals surface area contributed by atoms with Gasteiger partial charge in [0.05, 0.1) is 0 Å². The highest BCUT2D eigenvalue weighted by atomic mass is 16.2. The number of carbonyl (C=O) groups is 2. The van der Waals surface area contributed by atoms with E-state index in [4.69, 9.17) is 0 Å². The SMILES string of the molecule is CC(NC(=O)c1cccc(N(C)C)c1)C(=O)NCc1ccccc1. The minimum atomic E-state index is -0.607. The van der Waals surface area contributed by atoms with Crippen LogP contribution in [0.1, 0.15) is 22.8 Å². The number of anilines is 1. The van der Waals surface area contributed by atoms with Crippen LogP contribution >= 0.6 is 0 Å². The first-order chi connectivity index (χ1) is 11.5. The lowest BCUT2D eigenvalue weighted by molar-refractivity contribution is -0.122. The van der Waals surface area contributed by atoms with E-state index in [1.54, 1.807) is 19.1 Å². The van der Waals surface area contributed by atoms with Crippen molar-refractivity contribution in [3.63, 3.8) is 0 Å². The zero-order valence-electron chi connectivity index (χ0n) is 14.2. The second-order valence-corrected chi connectivity index (χ2v) is 5.84. The summed E-state index contributed by atoms with van der Waals surface area (Å²) >= 11 is 0. The van der Waals surface area contributed by atoms with Crippen LogP contribution < -0.4 is 15.5 Å². The number of hydrogen-bond acceptors (Lipinski definition) is 3. The molecule has 5 nitrogen and oxygen atoms in total. The van der Waals surface area contributed by atoms with Gasteiger partial charge in [-0.1, -0.05) is 36.4 Å². The molecule has 0 fully saturated rings. The van der Waals surface area contributed by atoms with Gasteiger partial charge in [-0.3, -0.25) is 9.59 Å². The van der Waals surface area contributed by atoms with Gasteiger partial charge in [-0.05, 0) is 30.7 Å². The van der Waals surface area contributed by atoms with E-state index in [1.165, 1.54) is 0 Å². The summed E-state index contributed by atoms with van der Waals surface area (Å²) in [6, 6.07) is 16.3. The van der Waals surface area contributed by atoms with Crippen LogP contribution in [0.3, 0.4) is 0 Å². The fourth-order valence-corrected chi connectivity index (χ4v) is 2.21. The highest BCUT2D eigenvalue weighted by Crippen LogP contribution is 2.13. The van der Waals surface area contributed by atoms with E-state index < -0.39 is 6.04 Å². The minimum absolute atomic E-state index is 0.212. The van der Waals surface area contributed by atoms with Crippen molar-refractivity contribution in [1.82, 2.24) is 10.6 Å². The first-order valence-corrected chi connectivity index (χ1v) is 7.87. The molecule has 2 aromatic carbocycles. The Bertz CT molecular complexity index is 699. The molecule has 1 atom stereocenters. The Balaban J connectivity index is 1.91. The molecule has 0 aliphatic heterocycles. The fourth-order valence-electron chi connectivity index (χ4n) is 2.21. The van der Waals surface area contributed by atoms with Crippen molar-refractivity contribution >= 4 is 17.5 Å². The molecule has 0 aliphatic carbocycles. The molecule has 126 valence electrons. The lowest BCUT2D eigenvalue weighted by Crippen LogP contribution is -2.44. The van der Waals surface area contributed by atoms with E-state index in [9.17, 15) is 9.59 Å². The molecule has 1 unspecified atom stereocenters. The zero-order valence-corrected chi connectivity index (χ0v) is 14.2. The highest BCUT2D eigenvalue weighted by Gasteiger charge is 2.16. The third-order valence-electron chi connectivity index (χ3n) is 3.68. The van der Waals surface area contributed by atoms with E-state index in [2.05, 4.69) is 10.6 Å². The number of hydrogen-bond donors (Lipinski definition) is 2. The monoisotopic (exact) mass is 325 g/mol. The number of carbonyl (C=O) groups excluding carboxylic acids is 2. The van der Waals surface area contributed by atoms with Crippen molar-refractivity contribution in [3.8, 4) is 0 Å². The first kappa shape index (κ1) is 17.5. The third kappa shape index (κ3) is 4.84. The minimum Gasteiger partial charge on any atom is -0.378 e. The molecule has 0 saturated heterocycles. The average Bonchev–Trinajstić information content (AvgIpc) is 2.60. The smallest absolute Gasteiger partial charge is 0.251 e. The molecule has 0 bridgehead atoms. The molecule has 0 heterocycles. The predicted octanol–water partition coefficient (Wildman–Crippen LogP) is 2.19. The van der Waals surface area contributed by atoms with Crippen molar-refractivity contribution in [2.75, 3.05) is 19.0 Å². The molecule has 0 aromatic heterocycles. The molecule has 0 saturated carbocycles. The van der Waals surface area contributed by atoms with E-state index in [1.807, 2.05) is 61.5 Å². The van der Waals surface area contributed by atoms with Gasteiger partial charge in [0.25, 0.3) is 5.91 Å². The topological polar surface area (TPSA) is 61.4 Å². The van der Waals surface area contributed by atoms with Crippen LogP contribution in [-0.2, 0) is 11.3 Å². The quantitative estimate of drug-likeness (QED) is 0.856. The first-order valence-electron chi connectivity index (χ1n) is 7.87. The van der Waals surface area contributed by atoms with Crippen molar-refractivity contribution < 1.29 is 9.59 Å². The Kier molecular flexibility index (Phi) is 5.95. The molecule has 2 amide bonds. The van der Waals surface area contributed by atoms with Crippen molar-refractivity contribution in [2.24, 2.45) is 0 Å². The normalized spacial score (nSPS) is 11.5. The van der Waals surface area contributed by atoms with Gasteiger partial charge in [-0.15, -0.1) is 0 Å². The zero-order chi connectivity index (χ0) is 17.5. The van der Waals surface area contributed by atoms with Gasteiger partial charge in [-0.25, -0.2) is 0 Å². The molecule has 5 heteroatoms. The van der Waals surface area contributed by atoms with Crippen molar-refractivity contribution in [1.29, 1.82) is 0 Å². The molecular formula is C19H23N3O2. The van der Waals surface area contributed by atoms with E-state index >= 15 is 0 Å². The Morgan fingerprint density at radius 2 is 1.75 bits per heavy atom. The molecular weight excluding hydrogens is 302 g/mol. The van der Waals surface area contributed by atoms with Crippen LogP contribution in [0.2, 0.25) is 0 Å². The van der Waals surface area contributed by atoms with Gasteiger partial charge in [0, 0.05) is 31.9 Å². The Hall–Kier alpha value is -2.82. The largest absolute Gasteiger partial charge is 0.378 e. The Morgan fingerprint density at radius 3 is 2.42 bits per heavy atom. The number of amides is 2. The summed E-state index contributed by atoms with van der Waals surface area (Å²) in [5, 5.41) is 5.55. The lowest BCUT2D eigenvalue weighted by Gasteiger charge is -2.16. The van der Waals surface area contributed by atoms with Crippen molar-refractivity contribution in [3.05, 3.63) is 65.7 Å². The van der Waals surface area contributed by atoms with Gasteiger partial charge in [-0.2, -0.15) is 0 Å². The van der Waals surface area contributed by atoms with E-state index in [0.717, 1.165) is 11.3 Å². The maximum absolute atomic E-state index is 12.3. The van der Waals surface area contributed by atoms with Crippen LogP contribution in [0.5, 0.6) is 0 Å². The second-order valence-electron chi connectivity index (χ2n) is 5.84. The number of rotatable bonds is 6. The Labute approximate surface area is 142 Å². The maximum Gasteiger partial charge on any atom is 0.251 e.